The molecule has 18 heavy (non-hydrogen) atoms. The molecular weight excluding hydrogens is 342 g/mol. The molecular formula is C10H15BrClN3O2S. The predicted octanol–water partition coefficient (Wildman–Crippen LogP) is 1.87. The molecule has 0 aliphatic carbocycles. The van der Waals surface area contributed by atoms with Crippen LogP contribution < -0.4 is 0 Å². The number of rotatable bonds is 2. The molecule has 2 heterocycles. The lowest BCUT2D eigenvalue weighted by Crippen LogP contribution is -2.44. The number of halogens is 2. The third-order valence-electron chi connectivity index (χ3n) is 3.26. The fraction of sp³-hybridized carbons (Fsp3) is 0.700. The minimum absolute atomic E-state index is 0.0680. The number of aryl methyl sites for hydroxylation is 1. The van der Waals surface area contributed by atoms with Gasteiger partial charge in [-0.05, 0) is 12.3 Å². The molecule has 0 N–H and O–H groups in total. The van der Waals surface area contributed by atoms with Crippen LogP contribution in [-0.4, -0.2) is 40.4 Å². The summed E-state index contributed by atoms with van der Waals surface area (Å²) in [6.07, 6.45) is 2.19. The first-order valence-electron chi connectivity index (χ1n) is 5.65. The number of sulfonamides is 1. The van der Waals surface area contributed by atoms with E-state index in [-0.39, 0.29) is 14.9 Å². The number of hydrogen-bond donors (Lipinski definition) is 0. The zero-order valence-electron chi connectivity index (χ0n) is 10.2. The van der Waals surface area contributed by atoms with Crippen molar-refractivity contribution in [2.24, 2.45) is 13.0 Å². The summed E-state index contributed by atoms with van der Waals surface area (Å²) in [7, 11) is -1.98. The van der Waals surface area contributed by atoms with Gasteiger partial charge in [-0.25, -0.2) is 8.42 Å². The van der Waals surface area contributed by atoms with Crippen LogP contribution in [0.5, 0.6) is 0 Å². The molecule has 2 unspecified atom stereocenters. The Labute approximate surface area is 120 Å². The van der Waals surface area contributed by atoms with Crippen LogP contribution >= 0.6 is 27.5 Å². The van der Waals surface area contributed by atoms with Gasteiger partial charge in [0.05, 0.1) is 11.2 Å². The second kappa shape index (κ2) is 5.11. The van der Waals surface area contributed by atoms with Gasteiger partial charge in [0, 0.05) is 25.0 Å². The molecule has 1 aromatic heterocycles. The Balaban J connectivity index is 2.33. The number of aromatic nitrogens is 2. The van der Waals surface area contributed by atoms with Crippen LogP contribution in [0.4, 0.5) is 0 Å². The van der Waals surface area contributed by atoms with Crippen LogP contribution in [-0.2, 0) is 17.1 Å². The van der Waals surface area contributed by atoms with Crippen molar-refractivity contribution in [2.75, 3.05) is 13.1 Å². The van der Waals surface area contributed by atoms with Gasteiger partial charge in [-0.1, -0.05) is 34.5 Å². The van der Waals surface area contributed by atoms with E-state index in [2.05, 4.69) is 28.0 Å². The lowest BCUT2D eigenvalue weighted by molar-refractivity contribution is 0.298. The van der Waals surface area contributed by atoms with E-state index in [4.69, 9.17) is 11.6 Å². The Kier molecular flexibility index (Phi) is 4.06. The Morgan fingerprint density at radius 1 is 1.56 bits per heavy atom. The van der Waals surface area contributed by atoms with Gasteiger partial charge in [-0.3, -0.25) is 4.68 Å². The average Bonchev–Trinajstić information content (AvgIpc) is 2.62. The Bertz CT molecular complexity index is 526. The summed E-state index contributed by atoms with van der Waals surface area (Å²) in [5, 5.41) is 4.12. The molecule has 0 spiro atoms. The quantitative estimate of drug-likeness (QED) is 0.760. The fourth-order valence-corrected chi connectivity index (χ4v) is 4.92. The second-order valence-corrected chi connectivity index (χ2v) is 8.00. The van der Waals surface area contributed by atoms with E-state index in [0.717, 1.165) is 6.42 Å². The summed E-state index contributed by atoms with van der Waals surface area (Å²) in [5.74, 6) is 0.471. The largest absolute Gasteiger partial charge is 0.261 e. The van der Waals surface area contributed by atoms with E-state index in [1.165, 1.54) is 15.2 Å². The molecule has 2 atom stereocenters. The summed E-state index contributed by atoms with van der Waals surface area (Å²) in [6, 6.07) is 0. The molecule has 1 saturated heterocycles. The molecule has 5 nitrogen and oxygen atoms in total. The normalized spacial score (nSPS) is 26.4. The van der Waals surface area contributed by atoms with Crippen LogP contribution in [0.25, 0.3) is 0 Å². The van der Waals surface area contributed by atoms with E-state index in [1.807, 2.05) is 0 Å². The highest BCUT2D eigenvalue weighted by Gasteiger charge is 2.35. The molecule has 0 aromatic carbocycles. The number of nitrogens with zero attached hydrogens (tertiary/aromatic N) is 3. The first-order valence-corrected chi connectivity index (χ1v) is 8.39. The SMILES string of the molecule is CC1CCN(S(=O)(=O)c2c(Cl)cnn2C)CC1Br. The molecule has 0 amide bonds. The van der Waals surface area contributed by atoms with E-state index in [1.54, 1.807) is 7.05 Å². The molecule has 0 bridgehead atoms. The van der Waals surface area contributed by atoms with Gasteiger partial charge in [0.2, 0.25) is 0 Å². The Morgan fingerprint density at radius 3 is 2.72 bits per heavy atom. The van der Waals surface area contributed by atoms with E-state index in [9.17, 15) is 8.42 Å². The van der Waals surface area contributed by atoms with Crippen molar-refractivity contribution in [2.45, 2.75) is 23.2 Å². The number of hydrogen-bond acceptors (Lipinski definition) is 3. The zero-order valence-corrected chi connectivity index (χ0v) is 13.3. The smallest absolute Gasteiger partial charge is 0.255 e. The Morgan fingerprint density at radius 2 is 2.22 bits per heavy atom. The molecule has 1 aromatic rings. The topological polar surface area (TPSA) is 55.2 Å². The molecule has 0 saturated carbocycles. The number of piperidine rings is 1. The molecule has 1 aliphatic rings. The standard InChI is InChI=1S/C10H15BrClN3O2S/c1-7-3-4-15(6-8(7)11)18(16,17)10-9(12)5-13-14(10)2/h5,7-8H,3-4,6H2,1-2H3. The first-order chi connectivity index (χ1) is 8.34. The summed E-state index contributed by atoms with van der Waals surface area (Å²) < 4.78 is 27.8. The minimum Gasteiger partial charge on any atom is -0.255 e. The van der Waals surface area contributed by atoms with Crippen molar-refractivity contribution in [3.8, 4) is 0 Å². The maximum absolute atomic E-state index is 12.5. The third kappa shape index (κ3) is 2.45. The van der Waals surface area contributed by atoms with E-state index >= 15 is 0 Å². The Hall–Kier alpha value is -0.110. The van der Waals surface area contributed by atoms with Gasteiger partial charge in [-0.2, -0.15) is 9.40 Å². The van der Waals surface area contributed by atoms with Crippen LogP contribution in [0.2, 0.25) is 5.02 Å². The second-order valence-electron chi connectivity index (χ2n) is 4.57. The third-order valence-corrected chi connectivity index (χ3v) is 6.82. The van der Waals surface area contributed by atoms with E-state index in [0.29, 0.717) is 19.0 Å². The lowest BCUT2D eigenvalue weighted by atomic mass is 10.0. The van der Waals surface area contributed by atoms with Gasteiger partial charge in [-0.15, -0.1) is 0 Å². The molecule has 2 rings (SSSR count). The summed E-state index contributed by atoms with van der Waals surface area (Å²) in [5.41, 5.74) is 0. The van der Waals surface area contributed by atoms with Crippen molar-refractivity contribution in [3.63, 3.8) is 0 Å². The van der Waals surface area contributed by atoms with Gasteiger partial charge < -0.3 is 0 Å². The summed E-state index contributed by atoms with van der Waals surface area (Å²) in [4.78, 5) is 0.174. The monoisotopic (exact) mass is 355 g/mol. The van der Waals surface area contributed by atoms with Crippen molar-refractivity contribution < 1.29 is 8.42 Å². The van der Waals surface area contributed by atoms with Crippen LogP contribution in [0.15, 0.2) is 11.2 Å². The molecule has 102 valence electrons. The first kappa shape index (κ1) is 14.3. The minimum atomic E-state index is -3.56. The summed E-state index contributed by atoms with van der Waals surface area (Å²) in [6.45, 7) is 3.10. The van der Waals surface area contributed by atoms with Crippen molar-refractivity contribution in [3.05, 3.63) is 11.2 Å². The zero-order chi connectivity index (χ0) is 13.5. The average molecular weight is 357 g/mol. The van der Waals surface area contributed by atoms with Crippen LogP contribution in [0.3, 0.4) is 0 Å². The molecule has 0 radical (unpaired) electrons. The molecule has 1 fully saturated rings. The molecule has 8 heteroatoms. The summed E-state index contributed by atoms with van der Waals surface area (Å²) >= 11 is 9.44. The number of alkyl halides is 1. The van der Waals surface area contributed by atoms with Crippen molar-refractivity contribution in [1.29, 1.82) is 0 Å². The van der Waals surface area contributed by atoms with Crippen molar-refractivity contribution in [1.82, 2.24) is 14.1 Å². The molecule has 1 aliphatic heterocycles. The van der Waals surface area contributed by atoms with Gasteiger partial charge >= 0.3 is 0 Å². The maximum atomic E-state index is 12.5. The highest BCUT2D eigenvalue weighted by atomic mass is 79.9. The van der Waals surface area contributed by atoms with Crippen molar-refractivity contribution >= 4 is 37.6 Å². The van der Waals surface area contributed by atoms with Crippen LogP contribution in [0, 0.1) is 5.92 Å². The van der Waals surface area contributed by atoms with Gasteiger partial charge in [0.1, 0.15) is 0 Å². The maximum Gasteiger partial charge on any atom is 0.261 e. The fourth-order valence-electron chi connectivity index (χ4n) is 2.02. The van der Waals surface area contributed by atoms with Gasteiger partial charge in [0.15, 0.2) is 5.03 Å². The van der Waals surface area contributed by atoms with E-state index < -0.39 is 10.0 Å². The lowest BCUT2D eigenvalue weighted by Gasteiger charge is -2.33. The van der Waals surface area contributed by atoms with Crippen LogP contribution in [0.1, 0.15) is 13.3 Å². The highest BCUT2D eigenvalue weighted by Crippen LogP contribution is 2.30. The highest BCUT2D eigenvalue weighted by molar-refractivity contribution is 9.09. The predicted molar refractivity (Wildman–Crippen MR) is 73.5 cm³/mol. The van der Waals surface area contributed by atoms with Gasteiger partial charge in [0.25, 0.3) is 10.0 Å².